The molecule has 5 atom stereocenters. The van der Waals surface area contributed by atoms with E-state index >= 15 is 0 Å². The van der Waals surface area contributed by atoms with E-state index in [-0.39, 0.29) is 49.4 Å². The fourth-order valence-corrected chi connectivity index (χ4v) is 10.2. The molecular weight excluding hydrogens is 814 g/mol. The van der Waals surface area contributed by atoms with Crippen molar-refractivity contribution in [2.75, 3.05) is 20.3 Å². The first-order chi connectivity index (χ1) is 28.0. The van der Waals surface area contributed by atoms with Gasteiger partial charge in [0, 0.05) is 34.7 Å². The number of nitrogens with one attached hydrogen (secondary N) is 2. The number of sulfonamides is 1. The number of pyridine rings is 1. The van der Waals surface area contributed by atoms with E-state index in [9.17, 15) is 40.8 Å². The van der Waals surface area contributed by atoms with Crippen LogP contribution in [0.15, 0.2) is 42.5 Å². The predicted octanol–water partition coefficient (Wildman–Crippen LogP) is 6.10. The molecule has 318 valence electrons. The van der Waals surface area contributed by atoms with Crippen molar-refractivity contribution in [2.24, 2.45) is 11.3 Å². The second kappa shape index (κ2) is 16.7. The van der Waals surface area contributed by atoms with Crippen molar-refractivity contribution < 1.29 is 55.0 Å². The van der Waals surface area contributed by atoms with Crippen LogP contribution < -0.4 is 24.2 Å². The number of carbonyl (C=O) groups is 4. The SMILES string of the molecule is COc1ccc2c(O[C@@H]3C[C@H]4C(=O)C[C@]5(C(=O)NS(=O)(=O)C6CC6)C[C@H]5/C=C\CCCCC[C@H](NC(=O)c5ccc(C)s5)C(=O)N4C3)cc(OCC(F)(F)F)nc2c1C. The van der Waals surface area contributed by atoms with Gasteiger partial charge in [-0.3, -0.25) is 23.9 Å². The van der Waals surface area contributed by atoms with Gasteiger partial charge in [0.15, 0.2) is 12.4 Å². The van der Waals surface area contributed by atoms with E-state index in [1.165, 1.54) is 29.4 Å². The summed E-state index contributed by atoms with van der Waals surface area (Å²) in [7, 11) is -2.48. The van der Waals surface area contributed by atoms with E-state index in [2.05, 4.69) is 15.0 Å². The second-order valence-corrected chi connectivity index (χ2v) is 19.2. The molecule has 0 unspecified atom stereocenters. The van der Waals surface area contributed by atoms with Crippen LogP contribution in [-0.4, -0.2) is 91.7 Å². The molecule has 59 heavy (non-hydrogen) atoms. The molecule has 4 aliphatic rings. The highest BCUT2D eigenvalue weighted by molar-refractivity contribution is 7.90. The lowest BCUT2D eigenvalue weighted by molar-refractivity contribution is -0.154. The minimum absolute atomic E-state index is 0.0639. The summed E-state index contributed by atoms with van der Waals surface area (Å²) in [4.78, 5) is 63.6. The first-order valence-corrected chi connectivity index (χ1v) is 22.1. The number of Topliss-reactive ketones (excluding diaryl/α,β-unsaturated/α-hetero) is 1. The highest BCUT2D eigenvalue weighted by Crippen LogP contribution is 2.57. The maximum Gasteiger partial charge on any atom is 0.422 e. The van der Waals surface area contributed by atoms with E-state index in [4.69, 9.17) is 14.2 Å². The number of nitrogens with zero attached hydrogens (tertiary/aromatic N) is 2. The molecule has 1 aromatic carbocycles. The van der Waals surface area contributed by atoms with Crippen LogP contribution in [0.4, 0.5) is 13.2 Å². The number of hydrogen-bond acceptors (Lipinski definition) is 11. The van der Waals surface area contributed by atoms with Crippen LogP contribution in [0.1, 0.15) is 84.3 Å². The molecule has 18 heteroatoms. The molecule has 13 nitrogen and oxygen atoms in total. The number of hydrogen-bond donors (Lipinski definition) is 2. The van der Waals surface area contributed by atoms with Crippen molar-refractivity contribution in [1.82, 2.24) is 19.9 Å². The molecule has 7 rings (SSSR count). The molecule has 3 aromatic rings. The molecule has 2 saturated carbocycles. The molecule has 2 aliphatic heterocycles. The van der Waals surface area contributed by atoms with Gasteiger partial charge in [0.1, 0.15) is 23.6 Å². The zero-order chi connectivity index (χ0) is 42.3. The summed E-state index contributed by atoms with van der Waals surface area (Å²) in [5.74, 6) is -2.45. The lowest BCUT2D eigenvalue weighted by Gasteiger charge is -2.29. The van der Waals surface area contributed by atoms with Gasteiger partial charge in [-0.05, 0) is 82.6 Å². The Bertz CT molecular complexity index is 2280. The third-order valence-corrected chi connectivity index (χ3v) is 14.3. The van der Waals surface area contributed by atoms with Crippen molar-refractivity contribution in [1.29, 1.82) is 0 Å². The molecule has 3 amide bonds. The molecular formula is C41H47F3N4O9S2. The van der Waals surface area contributed by atoms with Crippen molar-refractivity contribution >= 4 is 55.8 Å². The van der Waals surface area contributed by atoms with Crippen LogP contribution >= 0.6 is 11.3 Å². The van der Waals surface area contributed by atoms with Gasteiger partial charge in [0.05, 0.1) is 40.8 Å². The highest BCUT2D eigenvalue weighted by atomic mass is 32.2. The average molecular weight is 861 g/mol. The quantitative estimate of drug-likeness (QED) is 0.227. The van der Waals surface area contributed by atoms with E-state index < -0.39 is 81.1 Å². The van der Waals surface area contributed by atoms with Crippen LogP contribution in [0.2, 0.25) is 0 Å². The zero-order valence-corrected chi connectivity index (χ0v) is 34.6. The normalized spacial score (nSPS) is 25.9. The number of rotatable bonds is 10. The molecule has 4 heterocycles. The molecule has 1 saturated heterocycles. The molecule has 2 N–H and O–H groups in total. The summed E-state index contributed by atoms with van der Waals surface area (Å²) < 4.78 is 84.7. The standard InChI is InChI=1S/C41H47F3N4O9S2/c1-23-11-16-34(58-23)37(50)45-29-10-8-6-4-5-7-9-25-19-40(25,39(52)47-59(53,54)27-12-13-27)20-31(49)30-17-26(21-48(30)38(29)51)57-33-18-35(56-22-41(42,43)44)46-36-24(2)32(55-3)15-14-28(33)36/h7,9,11,14-16,18,25-27,29-30H,4-6,8,10,12-13,17,19-22H2,1-3H3,(H,45,50)(H,47,52)/b9-7-/t25-,26-,29+,30+,40-/m1/s1. The van der Waals surface area contributed by atoms with Gasteiger partial charge in [0.2, 0.25) is 27.7 Å². The third kappa shape index (κ3) is 9.53. The monoisotopic (exact) mass is 860 g/mol. The number of halogens is 3. The lowest BCUT2D eigenvalue weighted by Crippen LogP contribution is -2.52. The summed E-state index contributed by atoms with van der Waals surface area (Å²) in [6, 6.07) is 5.83. The third-order valence-electron chi connectivity index (χ3n) is 11.5. The number of allylic oxidation sites excluding steroid dienone is 2. The highest BCUT2D eigenvalue weighted by Gasteiger charge is 2.61. The number of amides is 3. The topological polar surface area (TPSA) is 170 Å². The Kier molecular flexibility index (Phi) is 12.0. The predicted molar refractivity (Wildman–Crippen MR) is 212 cm³/mol. The summed E-state index contributed by atoms with van der Waals surface area (Å²) in [6.07, 6.45) is 2.02. The van der Waals surface area contributed by atoms with Gasteiger partial charge in [-0.2, -0.15) is 13.2 Å². The largest absolute Gasteiger partial charge is 0.496 e. The average Bonchev–Trinajstić information content (AvgIpc) is 4.07. The molecule has 0 radical (unpaired) electrons. The Labute approximate surface area is 344 Å². The number of fused-ring (bicyclic) bond motifs is 3. The number of thiophene rings is 1. The van der Waals surface area contributed by atoms with Gasteiger partial charge in [-0.1, -0.05) is 25.0 Å². The smallest absolute Gasteiger partial charge is 0.422 e. The van der Waals surface area contributed by atoms with Crippen molar-refractivity contribution in [3.8, 4) is 17.4 Å². The summed E-state index contributed by atoms with van der Waals surface area (Å²) in [5.41, 5.74) is -0.583. The van der Waals surface area contributed by atoms with Crippen LogP contribution in [-0.2, 0) is 24.4 Å². The second-order valence-electron chi connectivity index (χ2n) is 15.9. The first kappa shape index (κ1) is 42.4. The minimum Gasteiger partial charge on any atom is -0.496 e. The zero-order valence-electron chi connectivity index (χ0n) is 32.9. The number of benzene rings is 1. The lowest BCUT2D eigenvalue weighted by atomic mass is 9.91. The number of ketones is 1. The van der Waals surface area contributed by atoms with Crippen molar-refractivity contribution in [2.45, 2.75) is 108 Å². The molecule has 2 aromatic heterocycles. The summed E-state index contributed by atoms with van der Waals surface area (Å²) in [5, 5.41) is 2.66. The fraction of sp³-hybridized carbons (Fsp3) is 0.537. The number of aromatic nitrogens is 1. The number of methoxy groups -OCH3 is 1. The van der Waals surface area contributed by atoms with Gasteiger partial charge in [0.25, 0.3) is 5.91 Å². The van der Waals surface area contributed by atoms with Crippen LogP contribution in [0.5, 0.6) is 17.4 Å². The number of aryl methyl sites for hydroxylation is 2. The van der Waals surface area contributed by atoms with Gasteiger partial charge in [-0.15, -0.1) is 11.3 Å². The van der Waals surface area contributed by atoms with Crippen LogP contribution in [0, 0.1) is 25.2 Å². The first-order valence-electron chi connectivity index (χ1n) is 19.8. The Morgan fingerprint density at radius 3 is 2.53 bits per heavy atom. The van der Waals surface area contributed by atoms with Crippen molar-refractivity contribution in [3.63, 3.8) is 0 Å². The van der Waals surface area contributed by atoms with E-state index in [1.807, 2.05) is 19.1 Å². The number of alkyl halides is 3. The summed E-state index contributed by atoms with van der Waals surface area (Å²) in [6.45, 7) is 1.79. The number of carbonyl (C=O) groups excluding carboxylic acids is 4. The summed E-state index contributed by atoms with van der Waals surface area (Å²) >= 11 is 1.28. The Hall–Kier alpha value is -4.71. The molecule has 2 aliphatic carbocycles. The molecule has 0 bridgehead atoms. The maximum atomic E-state index is 14.7. The molecule has 0 spiro atoms. The van der Waals surface area contributed by atoms with E-state index in [0.29, 0.717) is 47.3 Å². The van der Waals surface area contributed by atoms with E-state index in [1.54, 1.807) is 31.2 Å². The fourth-order valence-electron chi connectivity index (χ4n) is 8.06. The number of ether oxygens (including phenoxy) is 3. The molecule has 3 fully saturated rings. The maximum absolute atomic E-state index is 14.7. The van der Waals surface area contributed by atoms with Crippen molar-refractivity contribution in [3.05, 3.63) is 57.8 Å². The van der Waals surface area contributed by atoms with Crippen LogP contribution in [0.3, 0.4) is 0 Å². The van der Waals surface area contributed by atoms with Crippen LogP contribution in [0.25, 0.3) is 10.9 Å². The van der Waals surface area contributed by atoms with Gasteiger partial charge in [-0.25, -0.2) is 13.4 Å². The van der Waals surface area contributed by atoms with Gasteiger partial charge < -0.3 is 24.4 Å². The van der Waals surface area contributed by atoms with E-state index in [0.717, 1.165) is 17.7 Å². The Balaban J connectivity index is 1.23. The Morgan fingerprint density at radius 2 is 1.83 bits per heavy atom. The minimum atomic E-state index is -4.65. The Morgan fingerprint density at radius 1 is 1.05 bits per heavy atom. The van der Waals surface area contributed by atoms with Gasteiger partial charge >= 0.3 is 6.18 Å².